The van der Waals surface area contributed by atoms with Crippen molar-refractivity contribution >= 4 is 40.9 Å². The lowest BCUT2D eigenvalue weighted by Crippen LogP contribution is -2.50. The molecule has 8 heteroatoms. The Morgan fingerprint density at radius 3 is 2.35 bits per heavy atom. The second kappa shape index (κ2) is 8.81. The molecule has 3 heterocycles. The summed E-state index contributed by atoms with van der Waals surface area (Å²) < 4.78 is 10.8. The van der Waals surface area contributed by atoms with E-state index in [4.69, 9.17) is 9.47 Å². The summed E-state index contributed by atoms with van der Waals surface area (Å²) in [7, 11) is 3.05. The number of nitrogens with one attached hydrogen (secondary N) is 1. The number of carbonyl (C=O) groups excluding carboxylic acids is 3. The molecule has 4 atom stereocenters. The van der Waals surface area contributed by atoms with Crippen LogP contribution in [0.4, 0.5) is 17.1 Å². The number of ether oxygens (including phenoxy) is 2. The molecule has 2 saturated heterocycles. The highest BCUT2D eigenvalue weighted by Gasteiger charge is 2.64. The van der Waals surface area contributed by atoms with E-state index in [0.717, 1.165) is 11.3 Å². The van der Waals surface area contributed by atoms with Crippen LogP contribution in [0.1, 0.15) is 5.56 Å². The molecule has 2 fully saturated rings. The third-order valence-electron chi connectivity index (χ3n) is 7.36. The fourth-order valence-electron chi connectivity index (χ4n) is 5.76. The summed E-state index contributed by atoms with van der Waals surface area (Å²) in [6, 6.07) is 20.3. The predicted molar refractivity (Wildman–Crippen MR) is 140 cm³/mol. The van der Waals surface area contributed by atoms with E-state index in [0.29, 0.717) is 22.9 Å². The number of hydrogen-bond donors (Lipinski definition) is 1. The summed E-state index contributed by atoms with van der Waals surface area (Å²) in [6.45, 7) is 0. The van der Waals surface area contributed by atoms with Crippen molar-refractivity contribution in [2.75, 3.05) is 29.3 Å². The molecule has 3 aliphatic rings. The molecule has 3 aromatic carbocycles. The Labute approximate surface area is 214 Å². The van der Waals surface area contributed by atoms with Crippen molar-refractivity contribution in [3.63, 3.8) is 0 Å². The Hall–Kier alpha value is -4.59. The van der Waals surface area contributed by atoms with Crippen LogP contribution >= 0.6 is 0 Å². The van der Waals surface area contributed by atoms with E-state index in [1.54, 1.807) is 42.5 Å². The molecule has 0 radical (unpaired) electrons. The summed E-state index contributed by atoms with van der Waals surface area (Å²) in [5.41, 5.74) is 2.67. The van der Waals surface area contributed by atoms with Gasteiger partial charge in [-0.2, -0.15) is 0 Å². The first-order chi connectivity index (χ1) is 18.0. The van der Waals surface area contributed by atoms with E-state index in [1.165, 1.54) is 19.1 Å². The van der Waals surface area contributed by atoms with Gasteiger partial charge in [0, 0.05) is 11.8 Å². The van der Waals surface area contributed by atoms with E-state index in [9.17, 15) is 14.4 Å². The smallest absolute Gasteiger partial charge is 0.248 e. The van der Waals surface area contributed by atoms with Gasteiger partial charge in [-0.1, -0.05) is 48.6 Å². The molecule has 37 heavy (non-hydrogen) atoms. The molecule has 0 saturated carbocycles. The quantitative estimate of drug-likeness (QED) is 0.543. The molecule has 3 aromatic rings. The zero-order valence-corrected chi connectivity index (χ0v) is 20.3. The van der Waals surface area contributed by atoms with Gasteiger partial charge >= 0.3 is 0 Å². The predicted octanol–water partition coefficient (Wildman–Crippen LogP) is 3.73. The van der Waals surface area contributed by atoms with Crippen LogP contribution in [-0.2, 0) is 14.4 Å². The van der Waals surface area contributed by atoms with E-state index < -0.39 is 29.8 Å². The zero-order chi connectivity index (χ0) is 25.7. The fourth-order valence-corrected chi connectivity index (χ4v) is 5.76. The molecule has 0 spiro atoms. The van der Waals surface area contributed by atoms with Gasteiger partial charge in [0.15, 0.2) is 0 Å². The van der Waals surface area contributed by atoms with Crippen LogP contribution in [0.2, 0.25) is 0 Å². The molecule has 3 amide bonds. The highest BCUT2D eigenvalue weighted by molar-refractivity contribution is 6.25. The lowest BCUT2D eigenvalue weighted by atomic mass is 9.88. The van der Waals surface area contributed by atoms with Gasteiger partial charge in [-0.15, -0.1) is 0 Å². The van der Waals surface area contributed by atoms with Crippen LogP contribution in [0.3, 0.4) is 0 Å². The van der Waals surface area contributed by atoms with E-state index in [-0.39, 0.29) is 11.8 Å². The number of fused-ring (bicyclic) bond motifs is 5. The largest absolute Gasteiger partial charge is 0.497 e. The highest BCUT2D eigenvalue weighted by Crippen LogP contribution is 2.49. The molecule has 186 valence electrons. The third-order valence-corrected chi connectivity index (χ3v) is 7.36. The molecule has 0 aromatic heterocycles. The minimum absolute atomic E-state index is 0.297. The van der Waals surface area contributed by atoms with Crippen LogP contribution in [0.5, 0.6) is 11.5 Å². The number of methoxy groups -OCH3 is 2. The van der Waals surface area contributed by atoms with Crippen molar-refractivity contribution in [3.05, 3.63) is 84.4 Å². The van der Waals surface area contributed by atoms with E-state index >= 15 is 0 Å². The van der Waals surface area contributed by atoms with Crippen LogP contribution in [-0.4, -0.2) is 44.0 Å². The van der Waals surface area contributed by atoms with Crippen molar-refractivity contribution in [2.24, 2.45) is 11.8 Å². The Bertz CT molecular complexity index is 1440. The second-order valence-corrected chi connectivity index (χ2v) is 9.22. The first-order valence-electron chi connectivity index (χ1n) is 12.0. The summed E-state index contributed by atoms with van der Waals surface area (Å²) in [6.07, 6.45) is 3.89. The number of imide groups is 1. The molecular formula is C29H25N3O5. The fraction of sp³-hybridized carbons (Fsp3) is 0.207. The lowest BCUT2D eigenvalue weighted by molar-refractivity contribution is -0.126. The molecule has 1 N–H and O–H groups in total. The molecule has 0 bridgehead atoms. The van der Waals surface area contributed by atoms with Gasteiger partial charge in [0.25, 0.3) is 0 Å². The minimum Gasteiger partial charge on any atom is -0.497 e. The van der Waals surface area contributed by atoms with E-state index in [2.05, 4.69) is 5.32 Å². The topological polar surface area (TPSA) is 88.2 Å². The number of benzene rings is 3. The van der Waals surface area contributed by atoms with Crippen molar-refractivity contribution in [1.82, 2.24) is 0 Å². The number of rotatable bonds is 5. The Kier molecular flexibility index (Phi) is 5.44. The average molecular weight is 496 g/mol. The van der Waals surface area contributed by atoms with Gasteiger partial charge in [0.2, 0.25) is 17.7 Å². The monoisotopic (exact) mass is 495 g/mol. The van der Waals surface area contributed by atoms with Gasteiger partial charge in [-0.05, 0) is 35.9 Å². The summed E-state index contributed by atoms with van der Waals surface area (Å²) in [4.78, 5) is 44.8. The Morgan fingerprint density at radius 1 is 0.865 bits per heavy atom. The third kappa shape index (κ3) is 3.48. The Balaban J connectivity index is 1.44. The molecular weight excluding hydrogens is 470 g/mol. The van der Waals surface area contributed by atoms with Crippen LogP contribution in [0.15, 0.2) is 78.9 Å². The van der Waals surface area contributed by atoms with Gasteiger partial charge in [0.05, 0.1) is 43.5 Å². The van der Waals surface area contributed by atoms with Crippen molar-refractivity contribution in [3.8, 4) is 11.5 Å². The van der Waals surface area contributed by atoms with Gasteiger partial charge in [-0.3, -0.25) is 14.4 Å². The molecule has 3 aliphatic heterocycles. The SMILES string of the molecule is COc1ccc(OC)c(NC(=O)[C@@H]2[C@@H]3C(=O)N(c4ccccc4)C(=O)[C@H]3[C@H]3C=Cc4ccccc4N32)c1. The lowest BCUT2D eigenvalue weighted by Gasteiger charge is -2.36. The van der Waals surface area contributed by atoms with Crippen molar-refractivity contribution in [1.29, 1.82) is 0 Å². The highest BCUT2D eigenvalue weighted by atomic mass is 16.5. The maximum absolute atomic E-state index is 14.0. The van der Waals surface area contributed by atoms with Crippen molar-refractivity contribution < 1.29 is 23.9 Å². The maximum Gasteiger partial charge on any atom is 0.248 e. The number of hydrogen-bond acceptors (Lipinski definition) is 6. The first-order valence-corrected chi connectivity index (χ1v) is 12.0. The number of anilines is 3. The first kappa shape index (κ1) is 22.8. The maximum atomic E-state index is 14.0. The van der Waals surface area contributed by atoms with Crippen LogP contribution < -0.4 is 24.6 Å². The summed E-state index contributed by atoms with van der Waals surface area (Å²) in [5, 5.41) is 2.95. The second-order valence-electron chi connectivity index (χ2n) is 9.22. The Morgan fingerprint density at radius 2 is 1.59 bits per heavy atom. The average Bonchev–Trinajstić information content (AvgIpc) is 3.41. The summed E-state index contributed by atoms with van der Waals surface area (Å²) in [5.74, 6) is -1.62. The molecule has 0 unspecified atom stereocenters. The zero-order valence-electron chi connectivity index (χ0n) is 20.3. The normalized spacial score (nSPS) is 23.4. The van der Waals surface area contributed by atoms with E-state index in [1.807, 2.05) is 47.4 Å². The summed E-state index contributed by atoms with van der Waals surface area (Å²) >= 11 is 0. The number of carbonyl (C=O) groups is 3. The number of amides is 3. The van der Waals surface area contributed by atoms with Gasteiger partial charge < -0.3 is 19.7 Å². The molecule has 8 nitrogen and oxygen atoms in total. The molecule has 0 aliphatic carbocycles. The van der Waals surface area contributed by atoms with Gasteiger partial charge in [0.1, 0.15) is 17.5 Å². The number of nitrogens with zero attached hydrogens (tertiary/aromatic N) is 2. The van der Waals surface area contributed by atoms with Gasteiger partial charge in [-0.25, -0.2) is 4.90 Å². The minimum atomic E-state index is -0.915. The van der Waals surface area contributed by atoms with Crippen LogP contribution in [0.25, 0.3) is 6.08 Å². The van der Waals surface area contributed by atoms with Crippen molar-refractivity contribution in [2.45, 2.75) is 12.1 Å². The molecule has 6 rings (SSSR count). The standard InChI is InChI=1S/C29H25N3O5/c1-36-19-13-15-23(37-2)20(16-19)30-27(33)26-25-24(22-14-12-17-8-6-7-11-21(17)32(22)26)28(34)31(29(25)35)18-9-4-3-5-10-18/h3-16,22,24-26H,1-2H3,(H,30,33)/t22-,24+,25-,26+/m1/s1. The van der Waals surface area contributed by atoms with Crippen LogP contribution in [0, 0.1) is 11.8 Å². The number of para-hydroxylation sites is 2.